The molecule has 18 heavy (non-hydrogen) atoms. The Bertz CT molecular complexity index is 348. The van der Waals surface area contributed by atoms with Crippen LogP contribution in [0.3, 0.4) is 0 Å². The summed E-state index contributed by atoms with van der Waals surface area (Å²) in [7, 11) is 0. The lowest BCUT2D eigenvalue weighted by molar-refractivity contribution is -0.129. The van der Waals surface area contributed by atoms with Gasteiger partial charge in [0.1, 0.15) is 0 Å². The fourth-order valence-corrected chi connectivity index (χ4v) is 3.11. The average molecular weight is 297 g/mol. The summed E-state index contributed by atoms with van der Waals surface area (Å²) in [5.74, 6) is 0.108. The fraction of sp³-hybridized carbons (Fsp3) is 0.538. The third kappa shape index (κ3) is 6.01. The number of thioether (sulfide) groups is 1. The summed E-state index contributed by atoms with van der Waals surface area (Å²) in [6.45, 7) is 2.03. The third-order valence-electron chi connectivity index (χ3n) is 2.50. The molecule has 0 aliphatic rings. The molecule has 0 fully saturated rings. The van der Waals surface area contributed by atoms with Gasteiger partial charge in [0.25, 0.3) is 0 Å². The highest BCUT2D eigenvalue weighted by Gasteiger charge is 2.27. The number of benzene rings is 1. The van der Waals surface area contributed by atoms with Gasteiger partial charge in [0.15, 0.2) is 0 Å². The topological polar surface area (TPSA) is 0 Å². The van der Waals surface area contributed by atoms with Gasteiger partial charge in [-0.05, 0) is 24.1 Å². The highest BCUT2D eigenvalue weighted by atomic mass is 35.5. The van der Waals surface area contributed by atoms with Gasteiger partial charge in [-0.3, -0.25) is 0 Å². The molecule has 0 aromatic heterocycles. The number of alkyl halides is 3. The minimum atomic E-state index is -4.07. The zero-order chi connectivity index (χ0) is 13.6. The molecule has 0 bridgehead atoms. The van der Waals surface area contributed by atoms with E-state index >= 15 is 0 Å². The summed E-state index contributed by atoms with van der Waals surface area (Å²) < 4.78 is 36.3. The van der Waals surface area contributed by atoms with Crippen LogP contribution in [0.4, 0.5) is 13.2 Å². The van der Waals surface area contributed by atoms with Gasteiger partial charge in [0.2, 0.25) is 0 Å². The van der Waals surface area contributed by atoms with E-state index in [4.69, 9.17) is 11.6 Å². The van der Waals surface area contributed by atoms with Crippen LogP contribution in [-0.2, 0) is 0 Å². The van der Waals surface area contributed by atoms with Crippen molar-refractivity contribution in [1.82, 2.24) is 0 Å². The van der Waals surface area contributed by atoms with Gasteiger partial charge in [0, 0.05) is 16.0 Å². The van der Waals surface area contributed by atoms with Crippen molar-refractivity contribution in [2.24, 2.45) is 0 Å². The highest BCUT2D eigenvalue weighted by Crippen LogP contribution is 2.35. The number of hydrogen-bond acceptors (Lipinski definition) is 1. The quantitative estimate of drug-likeness (QED) is 0.633. The molecule has 0 radical (unpaired) electrons. The van der Waals surface area contributed by atoms with E-state index < -0.39 is 12.6 Å². The lowest BCUT2D eigenvalue weighted by Gasteiger charge is -2.17. The molecule has 0 nitrogen and oxygen atoms in total. The first kappa shape index (κ1) is 15.7. The van der Waals surface area contributed by atoms with Crippen LogP contribution < -0.4 is 0 Å². The van der Waals surface area contributed by atoms with Crippen LogP contribution in [0.15, 0.2) is 24.3 Å². The minimum Gasteiger partial charge on any atom is -0.171 e. The molecule has 1 aromatic rings. The van der Waals surface area contributed by atoms with Crippen LogP contribution in [0, 0.1) is 0 Å². The first-order chi connectivity index (χ1) is 8.42. The Balaban J connectivity index is 2.57. The monoisotopic (exact) mass is 296 g/mol. The maximum Gasteiger partial charge on any atom is 0.389 e. The van der Waals surface area contributed by atoms with Gasteiger partial charge in [-0.15, -0.1) is 0 Å². The number of halogens is 4. The summed E-state index contributed by atoms with van der Waals surface area (Å²) in [5, 5.41) is 0.768. The largest absolute Gasteiger partial charge is 0.389 e. The minimum absolute atomic E-state index is 0.108. The first-order valence-electron chi connectivity index (χ1n) is 5.86. The van der Waals surface area contributed by atoms with Crippen molar-refractivity contribution in [3.8, 4) is 0 Å². The SMILES string of the molecule is CCCC(SCCC(F)(F)F)c1ccc(Cl)cc1. The van der Waals surface area contributed by atoms with E-state index in [2.05, 4.69) is 0 Å². The van der Waals surface area contributed by atoms with Crippen LogP contribution >= 0.6 is 23.4 Å². The van der Waals surface area contributed by atoms with Crippen LogP contribution in [0.1, 0.15) is 37.0 Å². The summed E-state index contributed by atoms with van der Waals surface area (Å²) >= 11 is 7.17. The van der Waals surface area contributed by atoms with Gasteiger partial charge >= 0.3 is 6.18 Å². The Hall–Kier alpha value is -0.350. The van der Waals surface area contributed by atoms with E-state index in [-0.39, 0.29) is 11.0 Å². The van der Waals surface area contributed by atoms with E-state index in [1.165, 1.54) is 11.8 Å². The van der Waals surface area contributed by atoms with Gasteiger partial charge in [-0.1, -0.05) is 37.1 Å². The molecule has 0 N–H and O–H groups in total. The van der Waals surface area contributed by atoms with E-state index in [0.29, 0.717) is 5.02 Å². The normalized spacial score (nSPS) is 13.6. The smallest absolute Gasteiger partial charge is 0.171 e. The average Bonchev–Trinajstić information content (AvgIpc) is 2.27. The second kappa shape index (κ2) is 7.29. The van der Waals surface area contributed by atoms with Crippen molar-refractivity contribution in [2.75, 3.05) is 5.75 Å². The van der Waals surface area contributed by atoms with Crippen molar-refractivity contribution in [3.05, 3.63) is 34.9 Å². The second-order valence-electron chi connectivity index (χ2n) is 4.06. The van der Waals surface area contributed by atoms with E-state index in [1.807, 2.05) is 19.1 Å². The molecular weight excluding hydrogens is 281 g/mol. The molecule has 1 rings (SSSR count). The Kier molecular flexibility index (Phi) is 6.36. The zero-order valence-corrected chi connectivity index (χ0v) is 11.7. The van der Waals surface area contributed by atoms with E-state index in [1.54, 1.807) is 12.1 Å². The van der Waals surface area contributed by atoms with E-state index in [0.717, 1.165) is 18.4 Å². The lowest BCUT2D eigenvalue weighted by Crippen LogP contribution is -2.09. The molecule has 0 aliphatic carbocycles. The molecule has 0 saturated heterocycles. The van der Waals surface area contributed by atoms with Crippen molar-refractivity contribution >= 4 is 23.4 Å². The molecule has 102 valence electrons. The molecule has 0 heterocycles. The summed E-state index contributed by atoms with van der Waals surface area (Å²) in [4.78, 5) is 0. The fourth-order valence-electron chi connectivity index (χ4n) is 1.60. The highest BCUT2D eigenvalue weighted by molar-refractivity contribution is 7.99. The Morgan fingerprint density at radius 3 is 2.33 bits per heavy atom. The van der Waals surface area contributed by atoms with Crippen molar-refractivity contribution < 1.29 is 13.2 Å². The molecular formula is C13H16ClF3S. The van der Waals surface area contributed by atoms with E-state index in [9.17, 15) is 13.2 Å². The van der Waals surface area contributed by atoms with Crippen LogP contribution in [0.5, 0.6) is 0 Å². The maximum atomic E-state index is 12.1. The lowest BCUT2D eigenvalue weighted by atomic mass is 10.1. The Labute approximate surface area is 115 Å². The zero-order valence-electron chi connectivity index (χ0n) is 10.1. The second-order valence-corrected chi connectivity index (χ2v) is 5.81. The predicted molar refractivity (Wildman–Crippen MR) is 72.2 cm³/mol. The molecule has 1 aromatic carbocycles. The van der Waals surface area contributed by atoms with Crippen molar-refractivity contribution in [3.63, 3.8) is 0 Å². The van der Waals surface area contributed by atoms with Crippen LogP contribution in [0.2, 0.25) is 5.02 Å². The Morgan fingerprint density at radius 1 is 1.22 bits per heavy atom. The maximum absolute atomic E-state index is 12.1. The molecule has 0 aliphatic heterocycles. The number of rotatable bonds is 6. The van der Waals surface area contributed by atoms with Crippen LogP contribution in [0.25, 0.3) is 0 Å². The first-order valence-corrected chi connectivity index (χ1v) is 7.29. The summed E-state index contributed by atoms with van der Waals surface area (Å²) in [5.41, 5.74) is 1.05. The molecule has 0 saturated carbocycles. The third-order valence-corrected chi connectivity index (χ3v) is 4.10. The molecule has 0 amide bonds. The Morgan fingerprint density at radius 2 is 1.83 bits per heavy atom. The van der Waals surface area contributed by atoms with Gasteiger partial charge in [0.05, 0.1) is 6.42 Å². The van der Waals surface area contributed by atoms with Crippen molar-refractivity contribution in [1.29, 1.82) is 0 Å². The van der Waals surface area contributed by atoms with Gasteiger partial charge in [-0.2, -0.15) is 24.9 Å². The van der Waals surface area contributed by atoms with Gasteiger partial charge < -0.3 is 0 Å². The molecule has 1 unspecified atom stereocenters. The molecule has 0 spiro atoms. The molecule has 5 heteroatoms. The standard InChI is InChI=1S/C13H16ClF3S/c1-2-3-12(18-9-8-13(15,16)17)10-4-6-11(14)7-5-10/h4-7,12H,2-3,8-9H2,1H3. The van der Waals surface area contributed by atoms with Gasteiger partial charge in [-0.25, -0.2) is 0 Å². The van der Waals surface area contributed by atoms with Crippen molar-refractivity contribution in [2.45, 2.75) is 37.6 Å². The summed E-state index contributed by atoms with van der Waals surface area (Å²) in [6.07, 6.45) is -2.97. The van der Waals surface area contributed by atoms with Crippen LogP contribution in [-0.4, -0.2) is 11.9 Å². The molecule has 1 atom stereocenters. The predicted octanol–water partition coefficient (Wildman–Crippen LogP) is 5.87. The number of hydrogen-bond donors (Lipinski definition) is 0. The summed E-state index contributed by atoms with van der Waals surface area (Å²) in [6, 6.07) is 7.35.